The van der Waals surface area contributed by atoms with Crippen LogP contribution in [-0.2, 0) is 10.3 Å². The van der Waals surface area contributed by atoms with E-state index in [4.69, 9.17) is 18.9 Å². The number of methoxy groups -OCH3 is 2. The van der Waals surface area contributed by atoms with Gasteiger partial charge in [-0.2, -0.15) is 0 Å². The lowest BCUT2D eigenvalue weighted by molar-refractivity contribution is -0.0427. The van der Waals surface area contributed by atoms with E-state index in [0.717, 1.165) is 39.3 Å². The van der Waals surface area contributed by atoms with Crippen LogP contribution < -0.4 is 14.2 Å². The van der Waals surface area contributed by atoms with Gasteiger partial charge < -0.3 is 24.1 Å². The van der Waals surface area contributed by atoms with Crippen molar-refractivity contribution in [3.8, 4) is 29.1 Å². The van der Waals surface area contributed by atoms with Gasteiger partial charge in [0.25, 0.3) is 0 Å². The Morgan fingerprint density at radius 3 is 1.72 bits per heavy atom. The summed E-state index contributed by atoms with van der Waals surface area (Å²) in [6.45, 7) is 0.398. The van der Waals surface area contributed by atoms with Gasteiger partial charge in [0.15, 0.2) is 0 Å². The van der Waals surface area contributed by atoms with Crippen LogP contribution in [0.2, 0.25) is 0 Å². The molecule has 1 N–H and O–H groups in total. The molecule has 8 aromatic rings. The Kier molecular flexibility index (Phi) is 9.87. The summed E-state index contributed by atoms with van der Waals surface area (Å²) in [5, 5.41) is 18.7. The molecular weight excluding hydrogens is 669 g/mol. The topological polar surface area (TPSA) is 57.2 Å². The molecule has 0 heterocycles. The van der Waals surface area contributed by atoms with Crippen LogP contribution in [0.3, 0.4) is 0 Å². The van der Waals surface area contributed by atoms with E-state index >= 15 is 0 Å². The maximum absolute atomic E-state index is 11.2. The first-order chi connectivity index (χ1) is 26.6. The van der Waals surface area contributed by atoms with Crippen molar-refractivity contribution < 1.29 is 24.1 Å². The molecule has 0 aliphatic rings. The van der Waals surface area contributed by atoms with E-state index in [0.29, 0.717) is 18.8 Å². The van der Waals surface area contributed by atoms with Gasteiger partial charge in [-0.3, -0.25) is 0 Å². The molecule has 1 unspecified atom stereocenters. The van der Waals surface area contributed by atoms with Gasteiger partial charge in [-0.05, 0) is 104 Å². The van der Waals surface area contributed by atoms with Gasteiger partial charge in [-0.25, -0.2) is 0 Å². The molecule has 266 valence electrons. The van der Waals surface area contributed by atoms with Gasteiger partial charge in [0.1, 0.15) is 22.8 Å². The van der Waals surface area contributed by atoms with Crippen molar-refractivity contribution in [2.75, 3.05) is 27.4 Å². The highest BCUT2D eigenvalue weighted by Crippen LogP contribution is 2.42. The predicted octanol–water partition coefficient (Wildman–Crippen LogP) is 10.1. The van der Waals surface area contributed by atoms with Gasteiger partial charge in [0.05, 0.1) is 33.5 Å². The number of rotatable bonds is 12. The lowest BCUT2D eigenvalue weighted by Gasteiger charge is -2.36. The Hall–Kier alpha value is -6.32. The largest absolute Gasteiger partial charge is 0.497 e. The zero-order chi connectivity index (χ0) is 36.9. The van der Waals surface area contributed by atoms with E-state index in [1.165, 1.54) is 32.3 Å². The minimum Gasteiger partial charge on any atom is -0.497 e. The molecule has 1 atom stereocenters. The normalized spacial score (nSPS) is 12.1. The maximum Gasteiger partial charge on any atom is 0.143 e. The first kappa shape index (κ1) is 34.7. The van der Waals surface area contributed by atoms with Crippen LogP contribution in [0, 0.1) is 11.8 Å². The summed E-state index contributed by atoms with van der Waals surface area (Å²) >= 11 is 0. The highest BCUT2D eigenvalue weighted by atomic mass is 16.5. The summed E-state index contributed by atoms with van der Waals surface area (Å²) in [6, 6.07) is 53.0. The molecule has 54 heavy (non-hydrogen) atoms. The second kappa shape index (κ2) is 15.3. The molecule has 0 aliphatic heterocycles. The lowest BCUT2D eigenvalue weighted by Crippen LogP contribution is -2.36. The van der Waals surface area contributed by atoms with Crippen LogP contribution in [0.5, 0.6) is 17.2 Å². The summed E-state index contributed by atoms with van der Waals surface area (Å²) in [7, 11) is 3.30. The zero-order valence-electron chi connectivity index (χ0n) is 30.3. The molecule has 0 saturated carbocycles. The Labute approximate surface area is 315 Å². The number of benzene rings is 8. The van der Waals surface area contributed by atoms with Gasteiger partial charge in [0, 0.05) is 17.5 Å². The molecule has 0 aromatic heterocycles. The molecule has 0 amide bonds. The predicted molar refractivity (Wildman–Crippen MR) is 217 cm³/mol. The molecule has 0 aliphatic carbocycles. The lowest BCUT2D eigenvalue weighted by atomic mass is 9.80. The molecule has 0 saturated heterocycles. The Morgan fingerprint density at radius 2 is 1.09 bits per heavy atom. The van der Waals surface area contributed by atoms with Crippen molar-refractivity contribution in [3.05, 3.63) is 186 Å². The molecule has 5 nitrogen and oxygen atoms in total. The fourth-order valence-corrected chi connectivity index (χ4v) is 7.31. The Balaban J connectivity index is 0.952. The number of aliphatic hydroxyl groups is 1. The third kappa shape index (κ3) is 6.81. The standard InChI is InChI=1S/C49H40O5/c1-51-43-26-20-40(21-27-43)49(39-9-4-3-5-10-39,41-22-28-44(52-2)29-23-41)54-33-42(50)31-32-53-45-24-12-34(13-25-45)11-14-35-15-16-38-18-17-36-7-6-8-37-19-30-46(35)48(38)47(36)37/h3-10,12-13,15-30,42,50H,31-33H2,1-2H3. The van der Waals surface area contributed by atoms with E-state index in [2.05, 4.69) is 66.4 Å². The van der Waals surface area contributed by atoms with Crippen LogP contribution in [0.4, 0.5) is 0 Å². The Bertz CT molecular complexity index is 2490. The highest BCUT2D eigenvalue weighted by Gasteiger charge is 2.38. The summed E-state index contributed by atoms with van der Waals surface area (Å²) < 4.78 is 23.8. The first-order valence-corrected chi connectivity index (χ1v) is 18.1. The van der Waals surface area contributed by atoms with Crippen LogP contribution in [0.25, 0.3) is 32.3 Å². The molecule has 0 spiro atoms. The van der Waals surface area contributed by atoms with Crippen LogP contribution in [-0.4, -0.2) is 38.6 Å². The minimum atomic E-state index is -1.00. The van der Waals surface area contributed by atoms with E-state index in [-0.39, 0.29) is 6.61 Å². The molecule has 0 radical (unpaired) electrons. The minimum absolute atomic E-state index is 0.0773. The molecule has 8 rings (SSSR count). The van der Waals surface area contributed by atoms with E-state index < -0.39 is 11.7 Å². The average Bonchev–Trinajstić information content (AvgIpc) is 3.23. The molecule has 8 aromatic carbocycles. The second-order valence-electron chi connectivity index (χ2n) is 13.3. The summed E-state index contributed by atoms with van der Waals surface area (Å²) in [4.78, 5) is 0. The van der Waals surface area contributed by atoms with Crippen molar-refractivity contribution >= 4 is 32.3 Å². The van der Waals surface area contributed by atoms with Crippen molar-refractivity contribution in [2.24, 2.45) is 0 Å². The average molecular weight is 709 g/mol. The molecule has 0 fully saturated rings. The third-order valence-corrected chi connectivity index (χ3v) is 10.1. The van der Waals surface area contributed by atoms with Crippen molar-refractivity contribution in [3.63, 3.8) is 0 Å². The van der Waals surface area contributed by atoms with Crippen LogP contribution >= 0.6 is 0 Å². The number of hydrogen-bond acceptors (Lipinski definition) is 5. The maximum atomic E-state index is 11.2. The summed E-state index contributed by atoms with van der Waals surface area (Å²) in [5.74, 6) is 8.97. The van der Waals surface area contributed by atoms with E-state index in [1.54, 1.807) is 14.2 Å². The highest BCUT2D eigenvalue weighted by molar-refractivity contribution is 6.23. The quantitative estimate of drug-likeness (QED) is 0.0778. The molecular formula is C49H40O5. The summed E-state index contributed by atoms with van der Waals surface area (Å²) in [6.07, 6.45) is -0.397. The zero-order valence-corrected chi connectivity index (χ0v) is 30.3. The summed E-state index contributed by atoms with van der Waals surface area (Å²) in [5.41, 5.74) is 3.65. The van der Waals surface area contributed by atoms with Crippen molar-refractivity contribution in [1.82, 2.24) is 0 Å². The van der Waals surface area contributed by atoms with Crippen LogP contribution in [0.15, 0.2) is 158 Å². The van der Waals surface area contributed by atoms with Gasteiger partial charge >= 0.3 is 0 Å². The number of aliphatic hydroxyl groups excluding tert-OH is 1. The van der Waals surface area contributed by atoms with Gasteiger partial charge in [0.2, 0.25) is 0 Å². The fraction of sp³-hybridized carbons (Fsp3) is 0.143. The molecule has 5 heteroatoms. The third-order valence-electron chi connectivity index (χ3n) is 10.1. The van der Waals surface area contributed by atoms with Gasteiger partial charge in [-0.15, -0.1) is 0 Å². The first-order valence-electron chi connectivity index (χ1n) is 18.1. The molecule has 0 bridgehead atoms. The van der Waals surface area contributed by atoms with Gasteiger partial charge in [-0.1, -0.05) is 115 Å². The monoisotopic (exact) mass is 708 g/mol. The second-order valence-corrected chi connectivity index (χ2v) is 13.3. The van der Waals surface area contributed by atoms with Crippen LogP contribution in [0.1, 0.15) is 34.2 Å². The Morgan fingerprint density at radius 1 is 0.537 bits per heavy atom. The fourth-order valence-electron chi connectivity index (χ4n) is 7.31. The van der Waals surface area contributed by atoms with Crippen molar-refractivity contribution in [1.29, 1.82) is 0 Å². The number of hydrogen-bond donors (Lipinski definition) is 1. The van der Waals surface area contributed by atoms with E-state index in [1.807, 2.05) is 103 Å². The number of ether oxygens (including phenoxy) is 4. The SMILES string of the molecule is COc1ccc(C(OCC(O)CCOc2ccc(C#Cc3ccc4ccc5cccc6ccc3c4c56)cc2)(c2ccccc2)c2ccc(OC)cc2)cc1. The van der Waals surface area contributed by atoms with E-state index in [9.17, 15) is 5.11 Å². The smallest absolute Gasteiger partial charge is 0.143 e. The van der Waals surface area contributed by atoms with Crippen molar-refractivity contribution in [2.45, 2.75) is 18.1 Å².